The van der Waals surface area contributed by atoms with Crippen LogP contribution in [0.15, 0.2) is 12.4 Å². The van der Waals surface area contributed by atoms with Gasteiger partial charge in [-0.05, 0) is 19.3 Å². The van der Waals surface area contributed by atoms with Crippen molar-refractivity contribution >= 4 is 11.6 Å². The highest BCUT2D eigenvalue weighted by Crippen LogP contribution is 2.33. The second-order valence-corrected chi connectivity index (χ2v) is 4.26. The summed E-state index contributed by atoms with van der Waals surface area (Å²) in [5.41, 5.74) is 0. The second-order valence-electron chi connectivity index (χ2n) is 4.26. The highest BCUT2D eigenvalue weighted by atomic mass is 15.1. The van der Waals surface area contributed by atoms with Gasteiger partial charge in [-0.3, -0.25) is 4.98 Å². The summed E-state index contributed by atoms with van der Waals surface area (Å²) >= 11 is 0. The summed E-state index contributed by atoms with van der Waals surface area (Å²) in [7, 11) is 1.85. The lowest BCUT2D eigenvalue weighted by Crippen LogP contribution is -2.17. The summed E-state index contributed by atoms with van der Waals surface area (Å²) in [6, 6.07) is 0.485. The molecule has 1 aromatic rings. The van der Waals surface area contributed by atoms with Crippen molar-refractivity contribution in [3.8, 4) is 0 Å². The minimum Gasteiger partial charge on any atom is -0.372 e. The number of hydrogen-bond donors (Lipinski definition) is 2. The fourth-order valence-corrected chi connectivity index (χ4v) is 1.72. The number of rotatable bonds is 5. The van der Waals surface area contributed by atoms with Crippen molar-refractivity contribution in [3.63, 3.8) is 0 Å². The maximum Gasteiger partial charge on any atom is 0.147 e. The van der Waals surface area contributed by atoms with Crippen molar-refractivity contribution in [2.45, 2.75) is 32.2 Å². The lowest BCUT2D eigenvalue weighted by Gasteiger charge is -2.13. The molecule has 1 aliphatic rings. The zero-order chi connectivity index (χ0) is 10.7. The fraction of sp³-hybridized carbons (Fsp3) is 0.636. The Morgan fingerprint density at radius 2 is 2.13 bits per heavy atom. The number of nitrogens with zero attached hydrogens (tertiary/aromatic N) is 2. The van der Waals surface area contributed by atoms with Gasteiger partial charge < -0.3 is 10.6 Å². The molecule has 1 fully saturated rings. The molecule has 0 amide bonds. The highest BCUT2D eigenvalue weighted by Gasteiger charge is 2.23. The first-order valence-electron chi connectivity index (χ1n) is 5.54. The normalized spacial score (nSPS) is 17.2. The van der Waals surface area contributed by atoms with Crippen LogP contribution in [0.4, 0.5) is 11.6 Å². The van der Waals surface area contributed by atoms with Gasteiger partial charge in [0.05, 0.1) is 12.4 Å². The molecule has 1 atom stereocenters. The van der Waals surface area contributed by atoms with Gasteiger partial charge in [0.1, 0.15) is 11.6 Å². The van der Waals surface area contributed by atoms with Gasteiger partial charge in [0.15, 0.2) is 0 Å². The molecular weight excluding hydrogens is 188 g/mol. The molecular formula is C11H18N4. The van der Waals surface area contributed by atoms with E-state index in [1.54, 1.807) is 12.4 Å². The third-order valence-corrected chi connectivity index (χ3v) is 2.67. The van der Waals surface area contributed by atoms with Gasteiger partial charge in [-0.25, -0.2) is 4.98 Å². The summed E-state index contributed by atoms with van der Waals surface area (Å²) in [5, 5.41) is 6.35. The second kappa shape index (κ2) is 4.47. The molecule has 2 N–H and O–H groups in total. The Bertz CT molecular complexity index is 322. The summed E-state index contributed by atoms with van der Waals surface area (Å²) in [6.07, 6.45) is 7.52. The third-order valence-electron chi connectivity index (χ3n) is 2.67. The summed E-state index contributed by atoms with van der Waals surface area (Å²) in [6.45, 7) is 2.20. The van der Waals surface area contributed by atoms with E-state index in [1.165, 1.54) is 19.3 Å². The molecule has 1 aromatic heterocycles. The van der Waals surface area contributed by atoms with E-state index in [4.69, 9.17) is 0 Å². The number of anilines is 2. The van der Waals surface area contributed by atoms with Crippen LogP contribution in [0.5, 0.6) is 0 Å². The van der Waals surface area contributed by atoms with E-state index >= 15 is 0 Å². The average molecular weight is 206 g/mol. The molecule has 15 heavy (non-hydrogen) atoms. The molecule has 0 saturated heterocycles. The van der Waals surface area contributed by atoms with Crippen molar-refractivity contribution in [2.24, 2.45) is 5.92 Å². The minimum absolute atomic E-state index is 0.485. The SMILES string of the molecule is CNc1cncc(NC(C)CC2CC2)n1. The van der Waals surface area contributed by atoms with Crippen molar-refractivity contribution in [1.82, 2.24) is 9.97 Å². The molecule has 1 unspecified atom stereocenters. The molecule has 1 saturated carbocycles. The molecule has 4 nitrogen and oxygen atoms in total. The third kappa shape index (κ3) is 3.08. The van der Waals surface area contributed by atoms with Crippen LogP contribution in [0.3, 0.4) is 0 Å². The molecule has 2 rings (SSSR count). The summed E-state index contributed by atoms with van der Waals surface area (Å²) in [4.78, 5) is 8.49. The quantitative estimate of drug-likeness (QED) is 0.774. The van der Waals surface area contributed by atoms with Crippen molar-refractivity contribution in [3.05, 3.63) is 12.4 Å². The maximum atomic E-state index is 4.37. The molecule has 0 bridgehead atoms. The zero-order valence-electron chi connectivity index (χ0n) is 9.33. The van der Waals surface area contributed by atoms with Gasteiger partial charge in [0, 0.05) is 13.1 Å². The van der Waals surface area contributed by atoms with E-state index in [9.17, 15) is 0 Å². The van der Waals surface area contributed by atoms with Gasteiger partial charge in [0.2, 0.25) is 0 Å². The Balaban J connectivity index is 1.90. The highest BCUT2D eigenvalue weighted by molar-refractivity contribution is 5.41. The molecule has 0 radical (unpaired) electrons. The Labute approximate surface area is 90.5 Å². The molecule has 82 valence electrons. The van der Waals surface area contributed by atoms with Gasteiger partial charge in [-0.2, -0.15) is 0 Å². The van der Waals surface area contributed by atoms with Crippen LogP contribution >= 0.6 is 0 Å². The molecule has 0 aromatic carbocycles. The molecule has 1 aliphatic carbocycles. The van der Waals surface area contributed by atoms with Crippen molar-refractivity contribution in [2.75, 3.05) is 17.7 Å². The monoisotopic (exact) mass is 206 g/mol. The molecule has 1 heterocycles. The first-order valence-corrected chi connectivity index (χ1v) is 5.54. The van der Waals surface area contributed by atoms with E-state index in [0.717, 1.165) is 17.6 Å². The van der Waals surface area contributed by atoms with Crippen LogP contribution in [0.1, 0.15) is 26.2 Å². The van der Waals surface area contributed by atoms with E-state index in [0.29, 0.717) is 6.04 Å². The van der Waals surface area contributed by atoms with Gasteiger partial charge in [-0.15, -0.1) is 0 Å². The maximum absolute atomic E-state index is 4.37. The molecule has 0 aliphatic heterocycles. The van der Waals surface area contributed by atoms with Crippen LogP contribution in [-0.4, -0.2) is 23.1 Å². The van der Waals surface area contributed by atoms with Crippen molar-refractivity contribution < 1.29 is 0 Å². The minimum atomic E-state index is 0.485. The van der Waals surface area contributed by atoms with E-state index in [2.05, 4.69) is 27.5 Å². The topological polar surface area (TPSA) is 49.8 Å². The lowest BCUT2D eigenvalue weighted by atomic mass is 10.1. The fourth-order valence-electron chi connectivity index (χ4n) is 1.72. The average Bonchev–Trinajstić information content (AvgIpc) is 3.02. The first kappa shape index (κ1) is 10.2. The zero-order valence-corrected chi connectivity index (χ0v) is 9.33. The predicted octanol–water partition coefficient (Wildman–Crippen LogP) is 2.12. The van der Waals surface area contributed by atoms with Crippen LogP contribution in [0, 0.1) is 5.92 Å². The van der Waals surface area contributed by atoms with Crippen LogP contribution in [-0.2, 0) is 0 Å². The largest absolute Gasteiger partial charge is 0.372 e. The Morgan fingerprint density at radius 1 is 1.40 bits per heavy atom. The van der Waals surface area contributed by atoms with Gasteiger partial charge in [-0.1, -0.05) is 12.8 Å². The molecule has 0 spiro atoms. The van der Waals surface area contributed by atoms with Gasteiger partial charge in [0.25, 0.3) is 0 Å². The molecule has 4 heteroatoms. The Hall–Kier alpha value is -1.32. The smallest absolute Gasteiger partial charge is 0.147 e. The standard InChI is InChI=1S/C11H18N4/c1-8(5-9-3-4-9)14-11-7-13-6-10(12-2)15-11/h6-9H,3-5H2,1-2H3,(H2,12,14,15). The summed E-state index contributed by atoms with van der Waals surface area (Å²) < 4.78 is 0. The summed E-state index contributed by atoms with van der Waals surface area (Å²) in [5.74, 6) is 2.60. The number of nitrogens with one attached hydrogen (secondary N) is 2. The van der Waals surface area contributed by atoms with Crippen LogP contribution in [0.25, 0.3) is 0 Å². The number of aromatic nitrogens is 2. The lowest BCUT2D eigenvalue weighted by molar-refractivity contribution is 0.640. The van der Waals surface area contributed by atoms with Crippen molar-refractivity contribution in [1.29, 1.82) is 0 Å². The Morgan fingerprint density at radius 3 is 2.80 bits per heavy atom. The predicted molar refractivity (Wildman–Crippen MR) is 62.0 cm³/mol. The van der Waals surface area contributed by atoms with Crippen LogP contribution < -0.4 is 10.6 Å². The van der Waals surface area contributed by atoms with E-state index in [1.807, 2.05) is 7.05 Å². The first-order chi connectivity index (χ1) is 7.28. The Kier molecular flexibility index (Phi) is 3.04. The van der Waals surface area contributed by atoms with E-state index < -0.39 is 0 Å². The van der Waals surface area contributed by atoms with Gasteiger partial charge >= 0.3 is 0 Å². The number of hydrogen-bond acceptors (Lipinski definition) is 4. The van der Waals surface area contributed by atoms with Crippen LogP contribution in [0.2, 0.25) is 0 Å². The van der Waals surface area contributed by atoms with E-state index in [-0.39, 0.29) is 0 Å².